The Morgan fingerprint density at radius 1 is 1.37 bits per heavy atom. The number of benzene rings is 1. The molecule has 2 heterocycles. The summed E-state index contributed by atoms with van der Waals surface area (Å²) >= 11 is 0. The number of nitrogens with one attached hydrogen (secondary N) is 2. The number of nitrogens with zero attached hydrogens (tertiary/aromatic N) is 1. The summed E-state index contributed by atoms with van der Waals surface area (Å²) < 4.78 is 29.0. The third-order valence-electron chi connectivity index (χ3n) is 5.55. The number of hydrogen-bond donors (Lipinski definition) is 3. The van der Waals surface area contributed by atoms with Crippen LogP contribution in [0.2, 0.25) is 0 Å². The van der Waals surface area contributed by atoms with E-state index in [0.717, 1.165) is 30.1 Å². The van der Waals surface area contributed by atoms with Gasteiger partial charge in [-0.25, -0.2) is 8.42 Å². The van der Waals surface area contributed by atoms with Crippen molar-refractivity contribution in [3.63, 3.8) is 0 Å². The fraction of sp³-hybridized carbons (Fsp3) is 0.421. The summed E-state index contributed by atoms with van der Waals surface area (Å²) in [5, 5.41) is 6.59. The largest absolute Gasteiger partial charge is 0.495 e. The highest BCUT2D eigenvalue weighted by Gasteiger charge is 2.45. The molecule has 0 amide bonds. The minimum atomic E-state index is -3.31. The molecule has 0 radical (unpaired) electrons. The Morgan fingerprint density at radius 3 is 2.78 bits per heavy atom. The van der Waals surface area contributed by atoms with Gasteiger partial charge in [-0.3, -0.25) is 4.99 Å². The predicted octanol–water partition coefficient (Wildman–Crippen LogP) is 1.79. The average molecular weight is 388 g/mol. The molecule has 0 spiro atoms. The second-order valence-electron chi connectivity index (χ2n) is 7.31. The maximum atomic E-state index is 11.8. The molecule has 0 saturated heterocycles. The molecule has 8 heteroatoms. The van der Waals surface area contributed by atoms with E-state index in [4.69, 9.17) is 10.5 Å². The quantitative estimate of drug-likeness (QED) is 0.710. The van der Waals surface area contributed by atoms with Crippen molar-refractivity contribution in [3.8, 4) is 5.75 Å². The van der Waals surface area contributed by atoms with Crippen LogP contribution in [0.5, 0.6) is 5.75 Å². The summed E-state index contributed by atoms with van der Waals surface area (Å²) in [4.78, 5) is 4.73. The molecule has 4 rings (SSSR count). The summed E-state index contributed by atoms with van der Waals surface area (Å²) in [6.07, 6.45) is 8.71. The van der Waals surface area contributed by atoms with Gasteiger partial charge in [0.2, 0.25) is 0 Å². The molecule has 1 unspecified atom stereocenters. The molecule has 1 aromatic carbocycles. The lowest BCUT2D eigenvalue weighted by atomic mass is 9.66. The number of fused-ring (bicyclic) bond motifs is 1. The zero-order chi connectivity index (χ0) is 19.2. The number of amidine groups is 1. The van der Waals surface area contributed by atoms with Gasteiger partial charge in [0, 0.05) is 17.9 Å². The minimum Gasteiger partial charge on any atom is -0.495 e. The highest BCUT2D eigenvalue weighted by atomic mass is 32.2. The lowest BCUT2D eigenvalue weighted by molar-refractivity contribution is 0.235. The monoisotopic (exact) mass is 388 g/mol. The van der Waals surface area contributed by atoms with Gasteiger partial charge < -0.3 is 21.1 Å². The average Bonchev–Trinajstić information content (AvgIpc) is 3.01. The van der Waals surface area contributed by atoms with Crippen molar-refractivity contribution in [1.82, 2.24) is 5.32 Å². The third kappa shape index (κ3) is 3.12. The topological polar surface area (TPSA) is 106 Å². The van der Waals surface area contributed by atoms with Crippen molar-refractivity contribution in [3.05, 3.63) is 41.7 Å². The molecule has 1 saturated carbocycles. The van der Waals surface area contributed by atoms with Crippen LogP contribution in [0.1, 0.15) is 19.3 Å². The van der Waals surface area contributed by atoms with E-state index in [9.17, 15) is 8.42 Å². The fourth-order valence-corrected chi connectivity index (χ4v) is 4.46. The van der Waals surface area contributed by atoms with Crippen LogP contribution in [0.4, 0.5) is 5.69 Å². The van der Waals surface area contributed by atoms with E-state index in [1.165, 1.54) is 25.9 Å². The van der Waals surface area contributed by atoms with Gasteiger partial charge in [0.25, 0.3) is 0 Å². The number of rotatable bonds is 5. The first-order chi connectivity index (χ1) is 12.8. The van der Waals surface area contributed by atoms with Crippen LogP contribution >= 0.6 is 0 Å². The number of aliphatic imine (C=N–C) groups is 1. The number of nitrogens with two attached hydrogens (primary N) is 1. The van der Waals surface area contributed by atoms with E-state index in [2.05, 4.69) is 21.7 Å². The molecule has 0 aromatic heterocycles. The highest BCUT2D eigenvalue weighted by molar-refractivity contribution is 7.90. The van der Waals surface area contributed by atoms with Crippen LogP contribution < -0.4 is 21.1 Å². The van der Waals surface area contributed by atoms with Crippen LogP contribution in [0.3, 0.4) is 0 Å². The number of hydrogen-bond acceptors (Lipinski definition) is 7. The van der Waals surface area contributed by atoms with Crippen molar-refractivity contribution >= 4 is 21.4 Å². The second-order valence-corrected chi connectivity index (χ2v) is 9.33. The fourth-order valence-electron chi connectivity index (χ4n) is 3.82. The minimum absolute atomic E-state index is 0.212. The SMILES string of the molecule is COc1cc(S(C)(=O)=O)ccc1NC1=CC(N)(C2CCC2)C2=CCN=C2N1. The molecule has 1 aromatic rings. The maximum Gasteiger partial charge on any atom is 0.175 e. The summed E-state index contributed by atoms with van der Waals surface area (Å²) in [5.74, 6) is 2.38. The first-order valence-electron chi connectivity index (χ1n) is 9.00. The summed E-state index contributed by atoms with van der Waals surface area (Å²) in [6, 6.07) is 4.77. The first-order valence-corrected chi connectivity index (χ1v) is 10.9. The number of sulfone groups is 1. The number of anilines is 1. The van der Waals surface area contributed by atoms with Crippen molar-refractivity contribution in [2.45, 2.75) is 29.7 Å². The molecule has 1 atom stereocenters. The summed E-state index contributed by atoms with van der Waals surface area (Å²) in [6.45, 7) is 0.636. The van der Waals surface area contributed by atoms with Crippen LogP contribution in [0, 0.1) is 5.92 Å². The van der Waals surface area contributed by atoms with Gasteiger partial charge in [-0.05, 0) is 37.0 Å². The lowest BCUT2D eigenvalue weighted by Gasteiger charge is -2.44. The molecular formula is C19H24N4O3S. The van der Waals surface area contributed by atoms with Crippen LogP contribution in [-0.4, -0.2) is 39.7 Å². The molecule has 4 N–H and O–H groups in total. The van der Waals surface area contributed by atoms with Gasteiger partial charge in [-0.1, -0.05) is 12.5 Å². The van der Waals surface area contributed by atoms with Crippen molar-refractivity contribution in [2.75, 3.05) is 25.2 Å². The molecule has 1 aliphatic carbocycles. The van der Waals surface area contributed by atoms with Crippen LogP contribution in [0.25, 0.3) is 0 Å². The molecule has 27 heavy (non-hydrogen) atoms. The van der Waals surface area contributed by atoms with E-state index in [1.54, 1.807) is 12.1 Å². The molecule has 3 aliphatic rings. The van der Waals surface area contributed by atoms with Gasteiger partial charge in [0.1, 0.15) is 17.4 Å². The molecule has 1 fully saturated rings. The molecular weight excluding hydrogens is 364 g/mol. The summed E-state index contributed by atoms with van der Waals surface area (Å²) in [5.41, 5.74) is 8.01. The summed E-state index contributed by atoms with van der Waals surface area (Å²) in [7, 11) is -1.79. The van der Waals surface area contributed by atoms with E-state index in [0.29, 0.717) is 23.9 Å². The zero-order valence-electron chi connectivity index (χ0n) is 15.5. The van der Waals surface area contributed by atoms with E-state index < -0.39 is 15.4 Å². The second kappa shape index (κ2) is 6.38. The number of methoxy groups -OCH3 is 1. The first kappa shape index (κ1) is 18.1. The van der Waals surface area contributed by atoms with Crippen molar-refractivity contribution in [1.29, 1.82) is 0 Å². The van der Waals surface area contributed by atoms with Gasteiger partial charge in [-0.15, -0.1) is 0 Å². The molecule has 7 nitrogen and oxygen atoms in total. The van der Waals surface area contributed by atoms with Crippen LogP contribution in [0.15, 0.2) is 51.6 Å². The van der Waals surface area contributed by atoms with Gasteiger partial charge in [0.05, 0.1) is 29.8 Å². The van der Waals surface area contributed by atoms with Gasteiger partial charge in [0.15, 0.2) is 9.84 Å². The number of ether oxygens (including phenoxy) is 1. The zero-order valence-corrected chi connectivity index (χ0v) is 16.3. The molecule has 0 bridgehead atoms. The van der Waals surface area contributed by atoms with Gasteiger partial charge in [-0.2, -0.15) is 0 Å². The predicted molar refractivity (Wildman–Crippen MR) is 106 cm³/mol. The molecule has 144 valence electrons. The Morgan fingerprint density at radius 2 is 2.15 bits per heavy atom. The lowest BCUT2D eigenvalue weighted by Crippen LogP contribution is -2.56. The third-order valence-corrected chi connectivity index (χ3v) is 6.66. The maximum absolute atomic E-state index is 11.8. The molecule has 2 aliphatic heterocycles. The standard InChI is InChI=1S/C19H24N4O3S/c1-26-16-10-13(27(2,24)25)6-7-15(16)22-17-11-19(20,12-4-3-5-12)14-8-9-21-18(14)23-17/h6-8,10-12,22H,3-5,9,20H2,1-2H3,(H,21,23). The normalized spacial score (nSPS) is 24.8. The smallest absolute Gasteiger partial charge is 0.175 e. The van der Waals surface area contributed by atoms with E-state index >= 15 is 0 Å². The van der Waals surface area contributed by atoms with Crippen LogP contribution in [-0.2, 0) is 9.84 Å². The highest BCUT2D eigenvalue weighted by Crippen LogP contribution is 2.43. The Kier molecular flexibility index (Phi) is 4.27. The van der Waals surface area contributed by atoms with E-state index in [-0.39, 0.29) is 4.90 Å². The Labute approximate surface area is 159 Å². The Balaban J connectivity index is 1.68. The van der Waals surface area contributed by atoms with E-state index in [1.807, 2.05) is 6.08 Å². The Bertz CT molecular complexity index is 977. The van der Waals surface area contributed by atoms with Gasteiger partial charge >= 0.3 is 0 Å². The van der Waals surface area contributed by atoms with Crippen molar-refractivity contribution in [2.24, 2.45) is 16.6 Å². The Hall–Kier alpha value is -2.32. The van der Waals surface area contributed by atoms with Crippen molar-refractivity contribution < 1.29 is 13.2 Å².